The zero-order valence-corrected chi connectivity index (χ0v) is 19.9. The van der Waals surface area contributed by atoms with E-state index < -0.39 is 6.09 Å². The van der Waals surface area contributed by atoms with Gasteiger partial charge in [0.25, 0.3) is 0 Å². The van der Waals surface area contributed by atoms with Crippen molar-refractivity contribution in [3.8, 4) is 5.75 Å². The largest absolute Gasteiger partial charge is 0.494 e. The van der Waals surface area contributed by atoms with E-state index in [2.05, 4.69) is 39.5 Å². The van der Waals surface area contributed by atoms with Crippen molar-refractivity contribution in [2.45, 2.75) is 64.1 Å². The third kappa shape index (κ3) is 4.22. The van der Waals surface area contributed by atoms with Crippen LogP contribution in [0.4, 0.5) is 16.2 Å². The van der Waals surface area contributed by atoms with Gasteiger partial charge >= 0.3 is 6.09 Å². The predicted molar refractivity (Wildman–Crippen MR) is 130 cm³/mol. The van der Waals surface area contributed by atoms with Crippen LogP contribution in [0.2, 0.25) is 0 Å². The number of anilines is 2. The second kappa shape index (κ2) is 9.41. The van der Waals surface area contributed by atoms with Crippen LogP contribution < -0.4 is 15.0 Å². The SMILES string of the molecule is CCOc1ccc2c(c1)N(C1CCC1)C(c1ccc(NC(=O)OC(C)C)cc1)C2c1cnco1. The van der Waals surface area contributed by atoms with Crippen molar-refractivity contribution in [1.29, 1.82) is 0 Å². The zero-order chi connectivity index (χ0) is 23.7. The van der Waals surface area contributed by atoms with Gasteiger partial charge in [-0.1, -0.05) is 18.2 Å². The maximum absolute atomic E-state index is 12.0. The van der Waals surface area contributed by atoms with Crippen molar-refractivity contribution >= 4 is 17.5 Å². The highest BCUT2D eigenvalue weighted by molar-refractivity contribution is 5.84. The molecule has 7 nitrogen and oxygen atoms in total. The molecule has 5 rings (SSSR count). The first-order valence-electron chi connectivity index (χ1n) is 12.1. The standard InChI is InChI=1S/C27H31N3O4/c1-4-32-21-12-13-22-23(14-21)30(20-6-5-7-20)26(25(22)24-15-28-16-33-24)18-8-10-19(11-9-18)29-27(31)34-17(2)3/h8-17,20,25-26H,4-7H2,1-3H3,(H,29,31). The lowest BCUT2D eigenvalue weighted by Gasteiger charge is -2.42. The number of oxazole rings is 1. The fourth-order valence-electron chi connectivity index (χ4n) is 5.00. The van der Waals surface area contributed by atoms with Gasteiger partial charge in [0.2, 0.25) is 0 Å². The molecule has 178 valence electrons. The molecule has 0 saturated heterocycles. The first-order valence-corrected chi connectivity index (χ1v) is 12.1. The molecule has 0 spiro atoms. The predicted octanol–water partition coefficient (Wildman–Crippen LogP) is 6.28. The third-order valence-electron chi connectivity index (χ3n) is 6.61. The molecule has 7 heteroatoms. The Kier molecular flexibility index (Phi) is 6.18. The molecule has 1 amide bonds. The number of aromatic nitrogens is 1. The van der Waals surface area contributed by atoms with Gasteiger partial charge in [-0.15, -0.1) is 0 Å². The number of fused-ring (bicyclic) bond motifs is 1. The quantitative estimate of drug-likeness (QED) is 0.446. The van der Waals surface area contributed by atoms with Crippen LogP contribution in [0, 0.1) is 0 Å². The lowest BCUT2D eigenvalue weighted by molar-refractivity contribution is 0.130. The first kappa shape index (κ1) is 22.3. The highest BCUT2D eigenvalue weighted by Gasteiger charge is 2.46. The zero-order valence-electron chi connectivity index (χ0n) is 19.9. The minimum atomic E-state index is -0.449. The number of hydrogen-bond donors (Lipinski definition) is 1. The molecule has 1 saturated carbocycles. The number of carbonyl (C=O) groups excluding carboxylic acids is 1. The molecule has 2 atom stereocenters. The van der Waals surface area contributed by atoms with Crippen LogP contribution >= 0.6 is 0 Å². The summed E-state index contributed by atoms with van der Waals surface area (Å²) in [5, 5.41) is 2.80. The molecule has 1 N–H and O–H groups in total. The van der Waals surface area contributed by atoms with Gasteiger partial charge in [-0.05, 0) is 69.4 Å². The molecular weight excluding hydrogens is 430 g/mol. The normalized spacial score (nSPS) is 19.6. The Morgan fingerprint density at radius 2 is 2.00 bits per heavy atom. The maximum Gasteiger partial charge on any atom is 0.411 e. The fourth-order valence-corrected chi connectivity index (χ4v) is 5.00. The minimum Gasteiger partial charge on any atom is -0.494 e. The highest BCUT2D eigenvalue weighted by Crippen LogP contribution is 2.55. The number of carbonyl (C=O) groups is 1. The smallest absolute Gasteiger partial charge is 0.411 e. The Balaban J connectivity index is 1.52. The molecule has 1 fully saturated rings. The average molecular weight is 462 g/mol. The van der Waals surface area contributed by atoms with Crippen molar-refractivity contribution < 1.29 is 18.7 Å². The molecule has 34 heavy (non-hydrogen) atoms. The van der Waals surface area contributed by atoms with Crippen molar-refractivity contribution in [3.63, 3.8) is 0 Å². The van der Waals surface area contributed by atoms with E-state index in [1.165, 1.54) is 36.9 Å². The lowest BCUT2D eigenvalue weighted by atomic mass is 9.85. The van der Waals surface area contributed by atoms with Gasteiger partial charge in [0, 0.05) is 23.5 Å². The van der Waals surface area contributed by atoms with E-state index in [0.29, 0.717) is 18.3 Å². The molecule has 1 aliphatic heterocycles. The Hall–Kier alpha value is -3.48. The van der Waals surface area contributed by atoms with E-state index in [0.717, 1.165) is 17.1 Å². The average Bonchev–Trinajstić information content (AvgIpc) is 3.39. The number of hydrogen-bond acceptors (Lipinski definition) is 6. The third-order valence-corrected chi connectivity index (χ3v) is 6.61. The molecule has 2 heterocycles. The summed E-state index contributed by atoms with van der Waals surface area (Å²) >= 11 is 0. The van der Waals surface area contributed by atoms with Crippen molar-refractivity contribution in [2.75, 3.05) is 16.8 Å². The monoisotopic (exact) mass is 461 g/mol. The second-order valence-electron chi connectivity index (χ2n) is 9.17. The summed E-state index contributed by atoms with van der Waals surface area (Å²) in [6, 6.07) is 14.9. The molecule has 2 aromatic carbocycles. The van der Waals surface area contributed by atoms with E-state index in [4.69, 9.17) is 13.9 Å². The van der Waals surface area contributed by atoms with Gasteiger partial charge < -0.3 is 18.8 Å². The molecule has 1 aromatic heterocycles. The van der Waals surface area contributed by atoms with Crippen LogP contribution in [0.25, 0.3) is 0 Å². The Morgan fingerprint density at radius 3 is 2.62 bits per heavy atom. The van der Waals surface area contributed by atoms with Gasteiger partial charge in [0.15, 0.2) is 6.39 Å². The van der Waals surface area contributed by atoms with Crippen LogP contribution in [-0.4, -0.2) is 29.8 Å². The number of rotatable bonds is 7. The molecule has 3 aromatic rings. The Bertz CT molecular complexity index is 1120. The fraction of sp³-hybridized carbons (Fsp3) is 0.407. The second-order valence-corrected chi connectivity index (χ2v) is 9.17. The van der Waals surface area contributed by atoms with Crippen molar-refractivity contribution in [3.05, 3.63) is 71.9 Å². The van der Waals surface area contributed by atoms with Crippen molar-refractivity contribution in [1.82, 2.24) is 4.98 Å². The maximum atomic E-state index is 12.0. The Labute approximate surface area is 200 Å². The van der Waals surface area contributed by atoms with E-state index in [9.17, 15) is 4.79 Å². The van der Waals surface area contributed by atoms with Crippen LogP contribution in [0.5, 0.6) is 5.75 Å². The van der Waals surface area contributed by atoms with Gasteiger partial charge in [0.05, 0.1) is 30.9 Å². The molecule has 0 bridgehead atoms. The molecule has 2 aliphatic rings. The summed E-state index contributed by atoms with van der Waals surface area (Å²) in [6.45, 7) is 6.29. The van der Waals surface area contributed by atoms with Crippen LogP contribution in [-0.2, 0) is 4.74 Å². The molecule has 1 aliphatic carbocycles. The number of nitrogens with zero attached hydrogens (tertiary/aromatic N) is 2. The van der Waals surface area contributed by atoms with E-state index in [-0.39, 0.29) is 18.1 Å². The molecule has 2 unspecified atom stereocenters. The van der Waals surface area contributed by atoms with Gasteiger partial charge in [-0.25, -0.2) is 9.78 Å². The Morgan fingerprint density at radius 1 is 1.21 bits per heavy atom. The summed E-state index contributed by atoms with van der Waals surface area (Å²) in [5.41, 5.74) is 4.28. The van der Waals surface area contributed by atoms with Crippen LogP contribution in [0.1, 0.15) is 68.9 Å². The van der Waals surface area contributed by atoms with Gasteiger partial charge in [-0.3, -0.25) is 5.32 Å². The number of amides is 1. The molecular formula is C27H31N3O4. The highest BCUT2D eigenvalue weighted by atomic mass is 16.6. The summed E-state index contributed by atoms with van der Waals surface area (Å²) in [7, 11) is 0. The van der Waals surface area contributed by atoms with E-state index in [1.807, 2.05) is 45.2 Å². The summed E-state index contributed by atoms with van der Waals surface area (Å²) in [5.74, 6) is 1.74. The van der Waals surface area contributed by atoms with Crippen LogP contribution in [0.3, 0.4) is 0 Å². The van der Waals surface area contributed by atoms with Crippen LogP contribution in [0.15, 0.2) is 59.5 Å². The van der Waals surface area contributed by atoms with E-state index >= 15 is 0 Å². The summed E-state index contributed by atoms with van der Waals surface area (Å²) < 4.78 is 16.9. The van der Waals surface area contributed by atoms with Gasteiger partial charge in [-0.2, -0.15) is 0 Å². The summed E-state index contributed by atoms with van der Waals surface area (Å²) in [4.78, 5) is 18.8. The topological polar surface area (TPSA) is 76.8 Å². The first-order chi connectivity index (χ1) is 16.5. The lowest BCUT2D eigenvalue weighted by Crippen LogP contribution is -2.41. The van der Waals surface area contributed by atoms with Crippen molar-refractivity contribution in [2.24, 2.45) is 0 Å². The van der Waals surface area contributed by atoms with E-state index in [1.54, 1.807) is 0 Å². The number of nitrogens with one attached hydrogen (secondary N) is 1. The number of ether oxygens (including phenoxy) is 2. The molecule has 0 radical (unpaired) electrons. The minimum absolute atomic E-state index is 0.0125. The van der Waals surface area contributed by atoms with Gasteiger partial charge in [0.1, 0.15) is 11.5 Å². The summed E-state index contributed by atoms with van der Waals surface area (Å²) in [6.07, 6.45) is 6.27. The number of benzene rings is 2.